The highest BCUT2D eigenvalue weighted by molar-refractivity contribution is 7.89. The first-order chi connectivity index (χ1) is 14.2. The third-order valence-electron chi connectivity index (χ3n) is 4.32. The van der Waals surface area contributed by atoms with Crippen molar-refractivity contribution in [2.24, 2.45) is 0 Å². The summed E-state index contributed by atoms with van der Waals surface area (Å²) in [6, 6.07) is 9.65. The van der Waals surface area contributed by atoms with E-state index in [0.29, 0.717) is 24.4 Å². The molecule has 0 unspecified atom stereocenters. The van der Waals surface area contributed by atoms with Crippen molar-refractivity contribution in [1.82, 2.24) is 10.0 Å². The Labute approximate surface area is 174 Å². The van der Waals surface area contributed by atoms with Gasteiger partial charge in [0.05, 0.1) is 17.0 Å². The van der Waals surface area contributed by atoms with Gasteiger partial charge in [-0.25, -0.2) is 22.3 Å². The molecule has 160 valence electrons. The first kappa shape index (κ1) is 21.7. The summed E-state index contributed by atoms with van der Waals surface area (Å²) in [6.45, 7) is 4.13. The summed E-state index contributed by atoms with van der Waals surface area (Å²) in [5, 5.41) is 2.58. The average Bonchev–Trinajstić information content (AvgIpc) is 3.11. The van der Waals surface area contributed by atoms with Crippen LogP contribution in [0.2, 0.25) is 0 Å². The van der Waals surface area contributed by atoms with Gasteiger partial charge in [0.25, 0.3) is 5.91 Å². The van der Waals surface area contributed by atoms with Gasteiger partial charge < -0.3 is 10.1 Å². The predicted molar refractivity (Wildman–Crippen MR) is 108 cm³/mol. The molecule has 0 saturated carbocycles. The highest BCUT2D eigenvalue weighted by atomic mass is 32.2. The molecule has 1 heterocycles. The monoisotopic (exact) mass is 435 g/mol. The lowest BCUT2D eigenvalue weighted by Gasteiger charge is -2.14. The molecule has 8 nitrogen and oxygen atoms in total. The molecule has 10 heteroatoms. The van der Waals surface area contributed by atoms with Crippen LogP contribution in [0.5, 0.6) is 0 Å². The van der Waals surface area contributed by atoms with Crippen molar-refractivity contribution in [2.45, 2.75) is 31.3 Å². The van der Waals surface area contributed by atoms with Crippen LogP contribution >= 0.6 is 0 Å². The second-order valence-corrected chi connectivity index (χ2v) is 8.75. The lowest BCUT2D eigenvalue weighted by Crippen LogP contribution is -2.31. The lowest BCUT2D eigenvalue weighted by molar-refractivity contribution is 0.0946. The van der Waals surface area contributed by atoms with E-state index in [1.54, 1.807) is 38.1 Å². The number of ether oxygens (including phenoxy) is 1. The van der Waals surface area contributed by atoms with Crippen LogP contribution in [0, 0.1) is 5.82 Å². The number of nitrogens with zero attached hydrogens (tertiary/aromatic N) is 1. The van der Waals surface area contributed by atoms with E-state index in [9.17, 15) is 22.4 Å². The number of hydrogen-bond donors (Lipinski definition) is 2. The quantitative estimate of drug-likeness (QED) is 0.695. The summed E-state index contributed by atoms with van der Waals surface area (Å²) in [4.78, 5) is 25.5. The minimum absolute atomic E-state index is 0.0657. The first-order valence-electron chi connectivity index (χ1n) is 9.30. The van der Waals surface area contributed by atoms with E-state index in [-0.39, 0.29) is 23.0 Å². The number of amides is 2. The van der Waals surface area contributed by atoms with Crippen molar-refractivity contribution in [3.63, 3.8) is 0 Å². The summed E-state index contributed by atoms with van der Waals surface area (Å²) in [6.07, 6.45) is -0.439. The molecule has 1 fully saturated rings. The number of carbonyl (C=O) groups is 2. The summed E-state index contributed by atoms with van der Waals surface area (Å²) in [5.41, 5.74) is 0.940. The van der Waals surface area contributed by atoms with Crippen molar-refractivity contribution < 1.29 is 27.1 Å². The van der Waals surface area contributed by atoms with Crippen molar-refractivity contribution in [3.8, 4) is 0 Å². The third-order valence-corrected chi connectivity index (χ3v) is 5.98. The van der Waals surface area contributed by atoms with Gasteiger partial charge in [0.2, 0.25) is 10.0 Å². The van der Waals surface area contributed by atoms with E-state index in [0.717, 1.165) is 18.2 Å². The van der Waals surface area contributed by atoms with Gasteiger partial charge in [-0.2, -0.15) is 0 Å². The number of hydrogen-bond acceptors (Lipinski definition) is 5. The fourth-order valence-electron chi connectivity index (χ4n) is 2.96. The highest BCUT2D eigenvalue weighted by Gasteiger charge is 2.24. The zero-order valence-electron chi connectivity index (χ0n) is 16.5. The Kier molecular flexibility index (Phi) is 6.37. The Morgan fingerprint density at radius 3 is 2.67 bits per heavy atom. The van der Waals surface area contributed by atoms with Crippen LogP contribution in [-0.4, -0.2) is 39.6 Å². The minimum Gasteiger partial charge on any atom is -0.447 e. The van der Waals surface area contributed by atoms with E-state index in [2.05, 4.69) is 10.0 Å². The normalized spacial score (nSPS) is 14.1. The van der Waals surface area contributed by atoms with Crippen LogP contribution in [0.3, 0.4) is 0 Å². The molecule has 1 saturated heterocycles. The van der Waals surface area contributed by atoms with Gasteiger partial charge in [-0.1, -0.05) is 12.1 Å². The molecular weight excluding hydrogens is 413 g/mol. The molecule has 0 bridgehead atoms. The van der Waals surface area contributed by atoms with Crippen LogP contribution in [0.15, 0.2) is 47.4 Å². The SMILES string of the molecule is CC(C)NS(=O)(=O)c1ccc(F)c(C(=O)NCc2cccc(N3CCOC3=O)c2)c1. The van der Waals surface area contributed by atoms with Gasteiger partial charge in [0.1, 0.15) is 12.4 Å². The molecule has 1 aliphatic heterocycles. The van der Waals surface area contributed by atoms with E-state index < -0.39 is 27.8 Å². The molecule has 2 aromatic carbocycles. The fourth-order valence-corrected chi connectivity index (χ4v) is 4.24. The van der Waals surface area contributed by atoms with Crippen molar-refractivity contribution in [3.05, 3.63) is 59.4 Å². The van der Waals surface area contributed by atoms with Gasteiger partial charge in [-0.3, -0.25) is 9.69 Å². The maximum absolute atomic E-state index is 14.2. The summed E-state index contributed by atoms with van der Waals surface area (Å²) < 4.78 is 46.1. The van der Waals surface area contributed by atoms with Gasteiger partial charge in [-0.15, -0.1) is 0 Å². The zero-order valence-corrected chi connectivity index (χ0v) is 17.3. The Balaban J connectivity index is 1.74. The van der Waals surface area contributed by atoms with Crippen molar-refractivity contribution >= 4 is 27.7 Å². The van der Waals surface area contributed by atoms with Gasteiger partial charge >= 0.3 is 6.09 Å². The second-order valence-electron chi connectivity index (χ2n) is 7.04. The Hall–Kier alpha value is -2.98. The number of nitrogens with one attached hydrogen (secondary N) is 2. The number of benzene rings is 2. The third kappa shape index (κ3) is 4.95. The van der Waals surface area contributed by atoms with Gasteiger partial charge in [-0.05, 0) is 49.7 Å². The van der Waals surface area contributed by atoms with Crippen LogP contribution in [0.1, 0.15) is 29.8 Å². The van der Waals surface area contributed by atoms with Gasteiger partial charge in [0.15, 0.2) is 0 Å². The second kappa shape index (κ2) is 8.80. The smallest absolute Gasteiger partial charge is 0.414 e. The predicted octanol–water partition coefficient (Wildman–Crippen LogP) is 2.40. The fraction of sp³-hybridized carbons (Fsp3) is 0.300. The molecule has 2 amide bonds. The van der Waals surface area contributed by atoms with E-state index in [4.69, 9.17) is 4.74 Å². The minimum atomic E-state index is -3.87. The molecule has 2 N–H and O–H groups in total. The van der Waals surface area contributed by atoms with Crippen molar-refractivity contribution in [1.29, 1.82) is 0 Å². The molecule has 0 atom stereocenters. The zero-order chi connectivity index (χ0) is 21.9. The molecule has 0 aliphatic carbocycles. The van der Waals surface area contributed by atoms with E-state index in [1.807, 2.05) is 0 Å². The Morgan fingerprint density at radius 1 is 1.23 bits per heavy atom. The maximum atomic E-state index is 14.2. The first-order valence-corrected chi connectivity index (χ1v) is 10.8. The Bertz CT molecular complexity index is 1070. The molecule has 30 heavy (non-hydrogen) atoms. The summed E-state index contributed by atoms with van der Waals surface area (Å²) in [7, 11) is -3.87. The molecule has 0 aromatic heterocycles. The van der Waals surface area contributed by atoms with Crippen molar-refractivity contribution in [2.75, 3.05) is 18.1 Å². The Morgan fingerprint density at radius 2 is 2.00 bits per heavy atom. The van der Waals surface area contributed by atoms with E-state index in [1.165, 1.54) is 4.90 Å². The maximum Gasteiger partial charge on any atom is 0.414 e. The number of sulfonamides is 1. The lowest BCUT2D eigenvalue weighted by atomic mass is 10.1. The highest BCUT2D eigenvalue weighted by Crippen LogP contribution is 2.20. The van der Waals surface area contributed by atoms with Crippen LogP contribution in [-0.2, 0) is 21.3 Å². The number of cyclic esters (lactones) is 1. The van der Waals surface area contributed by atoms with E-state index >= 15 is 0 Å². The molecule has 2 aromatic rings. The van der Waals surface area contributed by atoms with Crippen LogP contribution in [0.25, 0.3) is 0 Å². The number of rotatable bonds is 7. The largest absolute Gasteiger partial charge is 0.447 e. The molecule has 0 radical (unpaired) electrons. The summed E-state index contributed by atoms with van der Waals surface area (Å²) in [5.74, 6) is -1.58. The number of carbonyl (C=O) groups excluding carboxylic acids is 2. The average molecular weight is 435 g/mol. The number of anilines is 1. The standard InChI is InChI=1S/C20H22FN3O5S/c1-13(2)23-30(27,28)16-6-7-18(21)17(11-16)19(25)22-12-14-4-3-5-15(10-14)24-8-9-29-20(24)26/h3-7,10-11,13,23H,8-9,12H2,1-2H3,(H,22,25). The van der Waals surface area contributed by atoms with Crippen LogP contribution < -0.4 is 14.9 Å². The van der Waals surface area contributed by atoms with Crippen LogP contribution in [0.4, 0.5) is 14.9 Å². The number of halogens is 1. The molecule has 3 rings (SSSR count). The molecule has 1 aliphatic rings. The molecule has 0 spiro atoms. The van der Waals surface area contributed by atoms with Gasteiger partial charge in [0, 0.05) is 18.3 Å². The molecular formula is C20H22FN3O5S. The topological polar surface area (TPSA) is 105 Å². The summed E-state index contributed by atoms with van der Waals surface area (Å²) >= 11 is 0.